The van der Waals surface area contributed by atoms with Gasteiger partial charge in [-0.25, -0.2) is 5.06 Å². The highest BCUT2D eigenvalue weighted by atomic mass is 16.7. The molecular formula is C15H30N2O. The van der Waals surface area contributed by atoms with Crippen molar-refractivity contribution in [3.05, 3.63) is 12.4 Å². The predicted molar refractivity (Wildman–Crippen MR) is 76.8 cm³/mol. The molecule has 0 N–H and O–H groups in total. The van der Waals surface area contributed by atoms with E-state index in [9.17, 15) is 0 Å². The first-order valence-electron chi connectivity index (χ1n) is 7.68. The molecule has 18 heavy (non-hydrogen) atoms. The summed E-state index contributed by atoms with van der Waals surface area (Å²) >= 11 is 0. The summed E-state index contributed by atoms with van der Waals surface area (Å²) in [5.74, 6) is 0. The molecule has 3 heteroatoms. The van der Waals surface area contributed by atoms with Crippen molar-refractivity contribution in [2.45, 2.75) is 65.2 Å². The molecule has 1 aliphatic rings. The van der Waals surface area contributed by atoms with Crippen LogP contribution in [0.5, 0.6) is 0 Å². The van der Waals surface area contributed by atoms with Crippen LogP contribution in [0.2, 0.25) is 0 Å². The quantitative estimate of drug-likeness (QED) is 0.516. The van der Waals surface area contributed by atoms with E-state index in [0.29, 0.717) is 0 Å². The molecule has 0 spiro atoms. The van der Waals surface area contributed by atoms with E-state index in [-0.39, 0.29) is 0 Å². The van der Waals surface area contributed by atoms with Crippen molar-refractivity contribution in [3.8, 4) is 0 Å². The number of rotatable bonds is 11. The molecule has 1 rings (SSSR count). The molecular weight excluding hydrogens is 224 g/mol. The SMILES string of the molecule is CCCCCCCCCCN1C=CN(OCC)C1. The van der Waals surface area contributed by atoms with Gasteiger partial charge in [0.25, 0.3) is 0 Å². The first-order valence-corrected chi connectivity index (χ1v) is 7.68. The van der Waals surface area contributed by atoms with Gasteiger partial charge in [-0.2, -0.15) is 0 Å². The van der Waals surface area contributed by atoms with Crippen molar-refractivity contribution >= 4 is 0 Å². The summed E-state index contributed by atoms with van der Waals surface area (Å²) < 4.78 is 0. The molecule has 0 aromatic rings. The lowest BCUT2D eigenvalue weighted by Crippen LogP contribution is -2.26. The zero-order chi connectivity index (χ0) is 13.1. The lowest BCUT2D eigenvalue weighted by atomic mass is 10.1. The summed E-state index contributed by atoms with van der Waals surface area (Å²) in [6.07, 6.45) is 15.2. The third-order valence-electron chi connectivity index (χ3n) is 3.36. The van der Waals surface area contributed by atoms with E-state index in [1.54, 1.807) is 0 Å². The zero-order valence-electron chi connectivity index (χ0n) is 12.2. The van der Waals surface area contributed by atoms with Gasteiger partial charge in [0.2, 0.25) is 0 Å². The summed E-state index contributed by atoms with van der Waals surface area (Å²) in [5.41, 5.74) is 0. The molecule has 1 heterocycles. The fourth-order valence-corrected chi connectivity index (χ4v) is 2.29. The molecule has 106 valence electrons. The van der Waals surface area contributed by atoms with E-state index in [1.165, 1.54) is 51.4 Å². The highest BCUT2D eigenvalue weighted by molar-refractivity contribution is 4.86. The van der Waals surface area contributed by atoms with Crippen LogP contribution in [-0.4, -0.2) is 29.8 Å². The van der Waals surface area contributed by atoms with Crippen molar-refractivity contribution in [1.29, 1.82) is 0 Å². The zero-order valence-corrected chi connectivity index (χ0v) is 12.2. The molecule has 0 fully saturated rings. The Balaban J connectivity index is 1.86. The molecule has 0 saturated carbocycles. The average Bonchev–Trinajstić information content (AvgIpc) is 2.81. The van der Waals surface area contributed by atoms with Crippen LogP contribution in [0.1, 0.15) is 65.2 Å². The lowest BCUT2D eigenvalue weighted by Gasteiger charge is -2.19. The van der Waals surface area contributed by atoms with Crippen LogP contribution in [0.4, 0.5) is 0 Å². The number of hydroxylamine groups is 2. The Morgan fingerprint density at radius 1 is 0.889 bits per heavy atom. The Morgan fingerprint density at radius 3 is 2.22 bits per heavy atom. The average molecular weight is 254 g/mol. The van der Waals surface area contributed by atoms with Crippen LogP contribution in [0.25, 0.3) is 0 Å². The molecule has 1 aliphatic heterocycles. The summed E-state index contributed by atoms with van der Waals surface area (Å²) in [5, 5.41) is 1.91. The summed E-state index contributed by atoms with van der Waals surface area (Å²) in [4.78, 5) is 7.75. The fraction of sp³-hybridized carbons (Fsp3) is 0.867. The lowest BCUT2D eigenvalue weighted by molar-refractivity contribution is -0.123. The van der Waals surface area contributed by atoms with Crippen LogP contribution < -0.4 is 0 Å². The maximum Gasteiger partial charge on any atom is 0.115 e. The topological polar surface area (TPSA) is 15.7 Å². The molecule has 0 bridgehead atoms. The third kappa shape index (κ3) is 6.90. The monoisotopic (exact) mass is 254 g/mol. The molecule has 3 nitrogen and oxygen atoms in total. The standard InChI is InChI=1S/C15H30N2O/c1-3-5-6-7-8-9-10-11-12-16-13-14-17(15-16)18-4-2/h13-14H,3-12,15H2,1-2H3. The Hall–Kier alpha value is -0.700. The second kappa shape index (κ2) is 10.2. The van der Waals surface area contributed by atoms with E-state index < -0.39 is 0 Å². The van der Waals surface area contributed by atoms with Crippen molar-refractivity contribution in [3.63, 3.8) is 0 Å². The molecule has 0 atom stereocenters. The summed E-state index contributed by atoms with van der Waals surface area (Å²) in [6, 6.07) is 0. The summed E-state index contributed by atoms with van der Waals surface area (Å²) in [6.45, 7) is 7.10. The van der Waals surface area contributed by atoms with Crippen molar-refractivity contribution in [2.75, 3.05) is 19.8 Å². The maximum atomic E-state index is 5.42. The predicted octanol–water partition coefficient (Wildman–Crippen LogP) is 4.12. The van der Waals surface area contributed by atoms with Gasteiger partial charge in [-0.15, -0.1) is 0 Å². The number of unbranched alkanes of at least 4 members (excludes halogenated alkanes) is 7. The van der Waals surface area contributed by atoms with Crippen LogP contribution >= 0.6 is 0 Å². The Labute approximate surface area is 113 Å². The minimum atomic E-state index is 0.746. The second-order valence-electron chi connectivity index (χ2n) is 5.06. The van der Waals surface area contributed by atoms with E-state index in [0.717, 1.165) is 19.8 Å². The minimum Gasteiger partial charge on any atom is -0.356 e. The Kier molecular flexibility index (Phi) is 8.74. The van der Waals surface area contributed by atoms with Gasteiger partial charge in [-0.05, 0) is 13.3 Å². The molecule has 0 radical (unpaired) electrons. The van der Waals surface area contributed by atoms with Crippen molar-refractivity contribution < 1.29 is 4.84 Å². The molecule has 0 unspecified atom stereocenters. The van der Waals surface area contributed by atoms with Gasteiger partial charge in [-0.3, -0.25) is 4.84 Å². The molecule has 0 aliphatic carbocycles. The van der Waals surface area contributed by atoms with Gasteiger partial charge >= 0.3 is 0 Å². The fourth-order valence-electron chi connectivity index (χ4n) is 2.29. The van der Waals surface area contributed by atoms with Crippen LogP contribution in [0.3, 0.4) is 0 Å². The van der Waals surface area contributed by atoms with E-state index in [1.807, 2.05) is 18.2 Å². The van der Waals surface area contributed by atoms with Gasteiger partial charge in [0.1, 0.15) is 6.67 Å². The van der Waals surface area contributed by atoms with E-state index >= 15 is 0 Å². The molecule has 0 aromatic carbocycles. The Morgan fingerprint density at radius 2 is 1.56 bits per heavy atom. The van der Waals surface area contributed by atoms with Crippen molar-refractivity contribution in [2.24, 2.45) is 0 Å². The second-order valence-corrected chi connectivity index (χ2v) is 5.06. The van der Waals surface area contributed by atoms with Gasteiger partial charge in [0, 0.05) is 18.9 Å². The smallest absolute Gasteiger partial charge is 0.115 e. The van der Waals surface area contributed by atoms with Gasteiger partial charge in [0.15, 0.2) is 0 Å². The molecule has 0 amide bonds. The van der Waals surface area contributed by atoms with Crippen LogP contribution in [0, 0.1) is 0 Å². The number of nitrogens with zero attached hydrogens (tertiary/aromatic N) is 2. The molecule has 0 saturated heterocycles. The molecule has 0 aromatic heterocycles. The van der Waals surface area contributed by atoms with Crippen LogP contribution in [-0.2, 0) is 4.84 Å². The third-order valence-corrected chi connectivity index (χ3v) is 3.36. The van der Waals surface area contributed by atoms with Gasteiger partial charge in [-0.1, -0.05) is 51.9 Å². The number of hydrogen-bond donors (Lipinski definition) is 0. The largest absolute Gasteiger partial charge is 0.356 e. The summed E-state index contributed by atoms with van der Waals surface area (Å²) in [7, 11) is 0. The van der Waals surface area contributed by atoms with Crippen LogP contribution in [0.15, 0.2) is 12.4 Å². The first-order chi connectivity index (χ1) is 8.86. The van der Waals surface area contributed by atoms with Gasteiger partial charge in [0.05, 0.1) is 6.61 Å². The number of hydrogen-bond acceptors (Lipinski definition) is 3. The highest BCUT2D eigenvalue weighted by Crippen LogP contribution is 2.11. The first kappa shape index (κ1) is 15.4. The van der Waals surface area contributed by atoms with Gasteiger partial charge < -0.3 is 4.90 Å². The van der Waals surface area contributed by atoms with Crippen molar-refractivity contribution in [1.82, 2.24) is 9.96 Å². The van der Waals surface area contributed by atoms with E-state index in [4.69, 9.17) is 4.84 Å². The highest BCUT2D eigenvalue weighted by Gasteiger charge is 2.10. The normalized spacial score (nSPS) is 14.8. The Bertz CT molecular complexity index is 219. The van der Waals surface area contributed by atoms with E-state index in [2.05, 4.69) is 18.0 Å². The maximum absolute atomic E-state index is 5.42. The minimum absolute atomic E-state index is 0.746.